The minimum atomic E-state index is -0.404. The number of rotatable bonds is 2. The first-order valence-corrected chi connectivity index (χ1v) is 5.88. The largest absolute Gasteiger partial charge is 0.269 e. The zero-order valence-electron chi connectivity index (χ0n) is 10.1. The molecule has 0 aromatic heterocycles. The lowest BCUT2D eigenvalue weighted by atomic mass is 10.1. The maximum absolute atomic E-state index is 10.6. The molecule has 3 rings (SSSR count). The third kappa shape index (κ3) is 2.18. The van der Waals surface area contributed by atoms with E-state index in [1.54, 1.807) is 18.3 Å². The number of anilines is 1. The Morgan fingerprint density at radius 3 is 2.58 bits per heavy atom. The molecule has 0 fully saturated rings. The predicted octanol–water partition coefficient (Wildman–Crippen LogP) is 2.95. The van der Waals surface area contributed by atoms with Crippen LogP contribution in [0.4, 0.5) is 11.4 Å². The summed E-state index contributed by atoms with van der Waals surface area (Å²) in [5, 5.41) is 16.8. The zero-order chi connectivity index (χ0) is 13.2. The molecule has 0 saturated heterocycles. The van der Waals surface area contributed by atoms with E-state index in [4.69, 9.17) is 0 Å². The Morgan fingerprint density at radius 1 is 1.11 bits per heavy atom. The van der Waals surface area contributed by atoms with Crippen molar-refractivity contribution in [3.63, 3.8) is 0 Å². The van der Waals surface area contributed by atoms with Crippen LogP contribution < -0.4 is 5.01 Å². The first-order valence-electron chi connectivity index (χ1n) is 5.88. The van der Waals surface area contributed by atoms with Crippen molar-refractivity contribution in [1.82, 2.24) is 0 Å². The van der Waals surface area contributed by atoms with E-state index in [9.17, 15) is 10.1 Å². The summed E-state index contributed by atoms with van der Waals surface area (Å²) in [6.07, 6.45) is 1.81. The molecule has 0 radical (unpaired) electrons. The molecule has 2 aromatic carbocycles. The van der Waals surface area contributed by atoms with Gasteiger partial charge in [0.05, 0.1) is 23.4 Å². The minimum absolute atomic E-state index is 0.0881. The summed E-state index contributed by atoms with van der Waals surface area (Å²) >= 11 is 0. The molecule has 1 heterocycles. The maximum atomic E-state index is 10.6. The summed E-state index contributed by atoms with van der Waals surface area (Å²) in [5.74, 6) is 0. The highest BCUT2D eigenvalue weighted by atomic mass is 16.6. The van der Waals surface area contributed by atoms with Crippen molar-refractivity contribution < 1.29 is 4.92 Å². The van der Waals surface area contributed by atoms with Crippen molar-refractivity contribution in [3.8, 4) is 0 Å². The molecule has 0 N–H and O–H groups in total. The molecule has 2 aromatic rings. The molecule has 0 saturated carbocycles. The van der Waals surface area contributed by atoms with E-state index < -0.39 is 4.92 Å². The molecular weight excluding hydrogens is 242 g/mol. The van der Waals surface area contributed by atoms with E-state index >= 15 is 0 Å². The Kier molecular flexibility index (Phi) is 2.72. The molecule has 1 aliphatic heterocycles. The SMILES string of the molecule is O=[N+]([O-])c1ccc(N2Cc3ccccc3C=N2)cc1. The van der Waals surface area contributed by atoms with Crippen LogP contribution in [0.15, 0.2) is 53.6 Å². The Labute approximate surface area is 109 Å². The Hall–Kier alpha value is -2.69. The second-order valence-corrected chi connectivity index (χ2v) is 4.27. The van der Waals surface area contributed by atoms with Crippen LogP contribution >= 0.6 is 0 Å². The van der Waals surface area contributed by atoms with Gasteiger partial charge in [0, 0.05) is 12.1 Å². The van der Waals surface area contributed by atoms with Gasteiger partial charge >= 0.3 is 0 Å². The lowest BCUT2D eigenvalue weighted by molar-refractivity contribution is -0.384. The van der Waals surface area contributed by atoms with Gasteiger partial charge in [-0.25, -0.2) is 0 Å². The van der Waals surface area contributed by atoms with E-state index in [1.807, 2.05) is 23.2 Å². The van der Waals surface area contributed by atoms with E-state index in [-0.39, 0.29) is 5.69 Å². The second-order valence-electron chi connectivity index (χ2n) is 4.27. The summed E-state index contributed by atoms with van der Waals surface area (Å²) in [5.41, 5.74) is 3.23. The summed E-state index contributed by atoms with van der Waals surface area (Å²) in [4.78, 5) is 10.2. The zero-order valence-corrected chi connectivity index (χ0v) is 10.1. The van der Waals surface area contributed by atoms with Crippen molar-refractivity contribution >= 4 is 17.6 Å². The van der Waals surface area contributed by atoms with Gasteiger partial charge in [0.25, 0.3) is 5.69 Å². The Bertz CT molecular complexity index is 650. The van der Waals surface area contributed by atoms with Crippen molar-refractivity contribution in [3.05, 3.63) is 69.8 Å². The maximum Gasteiger partial charge on any atom is 0.269 e. The normalized spacial score (nSPS) is 13.2. The van der Waals surface area contributed by atoms with Crippen LogP contribution in [0.5, 0.6) is 0 Å². The monoisotopic (exact) mass is 253 g/mol. The highest BCUT2D eigenvalue weighted by Crippen LogP contribution is 2.24. The topological polar surface area (TPSA) is 58.7 Å². The molecule has 0 atom stereocenters. The second kappa shape index (κ2) is 4.53. The number of nitrogens with zero attached hydrogens (tertiary/aromatic N) is 3. The van der Waals surface area contributed by atoms with E-state index in [2.05, 4.69) is 11.2 Å². The smallest absolute Gasteiger partial charge is 0.261 e. The van der Waals surface area contributed by atoms with Gasteiger partial charge in [0.1, 0.15) is 0 Å². The molecule has 5 heteroatoms. The van der Waals surface area contributed by atoms with Crippen LogP contribution in [-0.4, -0.2) is 11.1 Å². The molecule has 5 nitrogen and oxygen atoms in total. The molecule has 1 aliphatic rings. The fraction of sp³-hybridized carbons (Fsp3) is 0.0714. The van der Waals surface area contributed by atoms with Crippen LogP contribution in [0.3, 0.4) is 0 Å². The fourth-order valence-electron chi connectivity index (χ4n) is 2.04. The first-order chi connectivity index (χ1) is 9.24. The van der Waals surface area contributed by atoms with Crippen LogP contribution in [0.1, 0.15) is 11.1 Å². The number of nitro benzene ring substituents is 1. The summed E-state index contributed by atoms with van der Waals surface area (Å²) in [6, 6.07) is 14.5. The average molecular weight is 253 g/mol. The van der Waals surface area contributed by atoms with Gasteiger partial charge in [0.15, 0.2) is 0 Å². The Morgan fingerprint density at radius 2 is 1.84 bits per heavy atom. The number of hydrazone groups is 1. The summed E-state index contributed by atoms with van der Waals surface area (Å²) in [6.45, 7) is 0.671. The van der Waals surface area contributed by atoms with E-state index in [0.717, 1.165) is 11.3 Å². The van der Waals surface area contributed by atoms with Crippen LogP contribution in [0.2, 0.25) is 0 Å². The van der Waals surface area contributed by atoms with Gasteiger partial charge in [-0.05, 0) is 23.3 Å². The van der Waals surface area contributed by atoms with Crippen molar-refractivity contribution in [2.45, 2.75) is 6.54 Å². The predicted molar refractivity (Wildman–Crippen MR) is 73.3 cm³/mol. The van der Waals surface area contributed by atoms with Gasteiger partial charge in [-0.1, -0.05) is 24.3 Å². The standard InChI is InChI=1S/C14H11N3O2/c18-17(19)14-7-5-13(6-8-14)16-10-12-4-2-1-3-11(12)9-15-16/h1-9H,10H2. The summed E-state index contributed by atoms with van der Waals surface area (Å²) < 4.78 is 0. The van der Waals surface area contributed by atoms with Crippen LogP contribution in [0, 0.1) is 10.1 Å². The van der Waals surface area contributed by atoms with Gasteiger partial charge in [-0.15, -0.1) is 0 Å². The third-order valence-electron chi connectivity index (χ3n) is 3.07. The van der Waals surface area contributed by atoms with Crippen molar-refractivity contribution in [2.24, 2.45) is 5.10 Å². The fourth-order valence-corrected chi connectivity index (χ4v) is 2.04. The summed E-state index contributed by atoms with van der Waals surface area (Å²) in [7, 11) is 0. The van der Waals surface area contributed by atoms with Crippen molar-refractivity contribution in [2.75, 3.05) is 5.01 Å². The molecule has 19 heavy (non-hydrogen) atoms. The van der Waals surface area contributed by atoms with E-state index in [0.29, 0.717) is 6.54 Å². The number of nitro groups is 1. The van der Waals surface area contributed by atoms with Crippen molar-refractivity contribution in [1.29, 1.82) is 0 Å². The van der Waals surface area contributed by atoms with Gasteiger partial charge < -0.3 is 0 Å². The molecular formula is C14H11N3O2. The lowest BCUT2D eigenvalue weighted by Crippen LogP contribution is -2.20. The molecule has 0 aliphatic carbocycles. The van der Waals surface area contributed by atoms with Crippen LogP contribution in [0.25, 0.3) is 0 Å². The molecule has 0 bridgehead atoms. The number of benzene rings is 2. The van der Waals surface area contributed by atoms with E-state index in [1.165, 1.54) is 17.7 Å². The van der Waals surface area contributed by atoms with Gasteiger partial charge in [-0.3, -0.25) is 15.1 Å². The first kappa shape index (κ1) is 11.4. The Balaban J connectivity index is 1.87. The number of non-ortho nitro benzene ring substituents is 1. The minimum Gasteiger partial charge on any atom is -0.261 e. The molecule has 94 valence electrons. The lowest BCUT2D eigenvalue weighted by Gasteiger charge is -2.23. The average Bonchev–Trinajstić information content (AvgIpc) is 2.47. The molecule has 0 spiro atoms. The molecule has 0 unspecified atom stereocenters. The van der Waals surface area contributed by atoms with Gasteiger partial charge in [-0.2, -0.15) is 5.10 Å². The number of fused-ring (bicyclic) bond motifs is 1. The quantitative estimate of drug-likeness (QED) is 0.610. The van der Waals surface area contributed by atoms with Gasteiger partial charge in [0.2, 0.25) is 0 Å². The number of hydrogen-bond donors (Lipinski definition) is 0. The number of hydrogen-bond acceptors (Lipinski definition) is 4. The third-order valence-corrected chi connectivity index (χ3v) is 3.07. The highest BCUT2D eigenvalue weighted by Gasteiger charge is 2.14. The molecule has 0 amide bonds. The highest BCUT2D eigenvalue weighted by molar-refractivity contribution is 5.84. The van der Waals surface area contributed by atoms with Crippen LogP contribution in [-0.2, 0) is 6.54 Å².